The van der Waals surface area contributed by atoms with Crippen molar-refractivity contribution >= 4 is 17.2 Å². The van der Waals surface area contributed by atoms with Gasteiger partial charge in [0.05, 0.1) is 11.7 Å². The van der Waals surface area contributed by atoms with E-state index in [1.807, 2.05) is 37.0 Å². The summed E-state index contributed by atoms with van der Waals surface area (Å²) in [6.07, 6.45) is 2.86. The van der Waals surface area contributed by atoms with Crippen LogP contribution >= 0.6 is 11.3 Å². The zero-order valence-corrected chi connectivity index (χ0v) is 16.3. The topological polar surface area (TPSA) is 54.3 Å². The highest BCUT2D eigenvalue weighted by molar-refractivity contribution is 7.11. The van der Waals surface area contributed by atoms with Gasteiger partial charge in [0.1, 0.15) is 0 Å². The summed E-state index contributed by atoms with van der Waals surface area (Å²) >= 11 is 1.89. The number of hydrogen-bond acceptors (Lipinski definition) is 5. The van der Waals surface area contributed by atoms with E-state index in [9.17, 15) is 4.79 Å². The standard InChI is InChI=1S/C18H27N5OS/c1-5-14-6-7-15(25-14)12-21-8-10-22(11-9-21)17(24)16-13-23(20-19-16)18(2,3)4/h6-7,13H,5,8-12H2,1-4H3. The van der Waals surface area contributed by atoms with Gasteiger partial charge < -0.3 is 4.90 Å². The highest BCUT2D eigenvalue weighted by Gasteiger charge is 2.25. The Bertz CT molecular complexity index is 722. The van der Waals surface area contributed by atoms with Crippen LogP contribution in [0.2, 0.25) is 0 Å². The van der Waals surface area contributed by atoms with Crippen molar-refractivity contribution in [3.63, 3.8) is 0 Å². The second-order valence-corrected chi connectivity index (χ2v) is 8.76. The smallest absolute Gasteiger partial charge is 0.276 e. The molecule has 1 saturated heterocycles. The maximum atomic E-state index is 12.6. The summed E-state index contributed by atoms with van der Waals surface area (Å²) in [6.45, 7) is 12.6. The van der Waals surface area contributed by atoms with Gasteiger partial charge >= 0.3 is 0 Å². The fraction of sp³-hybridized carbons (Fsp3) is 0.611. The van der Waals surface area contributed by atoms with Crippen LogP contribution in [0.25, 0.3) is 0 Å². The van der Waals surface area contributed by atoms with E-state index in [1.54, 1.807) is 10.9 Å². The zero-order valence-electron chi connectivity index (χ0n) is 15.5. The van der Waals surface area contributed by atoms with E-state index < -0.39 is 0 Å². The molecule has 25 heavy (non-hydrogen) atoms. The van der Waals surface area contributed by atoms with Gasteiger partial charge in [-0.2, -0.15) is 0 Å². The summed E-state index contributed by atoms with van der Waals surface area (Å²) in [4.78, 5) is 19.8. The van der Waals surface area contributed by atoms with E-state index in [-0.39, 0.29) is 11.4 Å². The Morgan fingerprint density at radius 2 is 1.84 bits per heavy atom. The largest absolute Gasteiger partial charge is 0.335 e. The molecular formula is C18H27N5OS. The molecule has 0 unspecified atom stereocenters. The molecule has 136 valence electrons. The molecular weight excluding hydrogens is 334 g/mol. The molecule has 1 aliphatic heterocycles. The number of carbonyl (C=O) groups excluding carboxylic acids is 1. The fourth-order valence-corrected chi connectivity index (χ4v) is 3.88. The van der Waals surface area contributed by atoms with Crippen LogP contribution in [-0.2, 0) is 18.5 Å². The number of carbonyl (C=O) groups is 1. The van der Waals surface area contributed by atoms with Crippen molar-refractivity contribution in [1.29, 1.82) is 0 Å². The second-order valence-electron chi connectivity index (χ2n) is 7.51. The Morgan fingerprint density at radius 3 is 2.40 bits per heavy atom. The lowest BCUT2D eigenvalue weighted by atomic mass is 10.1. The fourth-order valence-electron chi connectivity index (χ4n) is 2.88. The van der Waals surface area contributed by atoms with Crippen molar-refractivity contribution in [3.8, 4) is 0 Å². The molecule has 1 fully saturated rings. The van der Waals surface area contributed by atoms with E-state index in [4.69, 9.17) is 0 Å². The number of nitrogens with zero attached hydrogens (tertiary/aromatic N) is 5. The van der Waals surface area contributed by atoms with E-state index in [1.165, 1.54) is 9.75 Å². The van der Waals surface area contributed by atoms with Gasteiger partial charge in [-0.25, -0.2) is 4.68 Å². The first-order valence-electron chi connectivity index (χ1n) is 8.89. The van der Waals surface area contributed by atoms with Crippen LogP contribution in [0.5, 0.6) is 0 Å². The maximum absolute atomic E-state index is 12.6. The van der Waals surface area contributed by atoms with Gasteiger partial charge in [-0.15, -0.1) is 16.4 Å². The van der Waals surface area contributed by atoms with Crippen LogP contribution in [-0.4, -0.2) is 56.9 Å². The normalized spacial score (nSPS) is 16.4. The molecule has 7 heteroatoms. The van der Waals surface area contributed by atoms with Gasteiger partial charge in [0, 0.05) is 42.5 Å². The molecule has 3 heterocycles. The lowest BCUT2D eigenvalue weighted by Gasteiger charge is -2.34. The summed E-state index contributed by atoms with van der Waals surface area (Å²) in [5.41, 5.74) is 0.275. The number of aryl methyl sites for hydroxylation is 1. The average molecular weight is 362 g/mol. The predicted octanol–water partition coefficient (Wildman–Crippen LogP) is 2.62. The Morgan fingerprint density at radius 1 is 1.16 bits per heavy atom. The van der Waals surface area contributed by atoms with Gasteiger partial charge in [0.25, 0.3) is 5.91 Å². The second kappa shape index (κ2) is 7.25. The van der Waals surface area contributed by atoms with Gasteiger partial charge in [-0.3, -0.25) is 9.69 Å². The van der Waals surface area contributed by atoms with Crippen LogP contribution in [0.4, 0.5) is 0 Å². The molecule has 0 saturated carbocycles. The minimum Gasteiger partial charge on any atom is -0.335 e. The van der Waals surface area contributed by atoms with Crippen molar-refractivity contribution in [2.24, 2.45) is 0 Å². The van der Waals surface area contributed by atoms with Crippen LogP contribution in [0.15, 0.2) is 18.3 Å². The highest BCUT2D eigenvalue weighted by Crippen LogP contribution is 2.20. The molecule has 2 aromatic heterocycles. The van der Waals surface area contributed by atoms with Crippen molar-refractivity contribution in [3.05, 3.63) is 33.8 Å². The van der Waals surface area contributed by atoms with E-state index in [0.29, 0.717) is 5.69 Å². The highest BCUT2D eigenvalue weighted by atomic mass is 32.1. The van der Waals surface area contributed by atoms with Gasteiger partial charge in [0.2, 0.25) is 0 Å². The Balaban J connectivity index is 1.54. The minimum atomic E-state index is -0.164. The summed E-state index contributed by atoms with van der Waals surface area (Å²) in [6, 6.07) is 4.45. The third kappa shape index (κ3) is 4.27. The van der Waals surface area contributed by atoms with Crippen molar-refractivity contribution in [2.45, 2.75) is 46.2 Å². The summed E-state index contributed by atoms with van der Waals surface area (Å²) in [5, 5.41) is 8.16. The molecule has 0 aliphatic carbocycles. The summed E-state index contributed by atoms with van der Waals surface area (Å²) in [7, 11) is 0. The van der Waals surface area contributed by atoms with Crippen molar-refractivity contribution < 1.29 is 4.79 Å². The van der Waals surface area contributed by atoms with Crippen LogP contribution < -0.4 is 0 Å². The molecule has 0 atom stereocenters. The van der Waals surface area contributed by atoms with Gasteiger partial charge in [-0.1, -0.05) is 12.1 Å². The number of amides is 1. The number of thiophene rings is 1. The molecule has 0 bridgehead atoms. The number of aromatic nitrogens is 3. The molecule has 0 spiro atoms. The third-order valence-corrected chi connectivity index (χ3v) is 5.72. The SMILES string of the molecule is CCc1ccc(CN2CCN(C(=O)c3cn(C(C)(C)C)nn3)CC2)s1. The lowest BCUT2D eigenvalue weighted by Crippen LogP contribution is -2.48. The molecule has 0 aromatic carbocycles. The van der Waals surface area contributed by atoms with E-state index in [0.717, 1.165) is 39.1 Å². The van der Waals surface area contributed by atoms with Crippen LogP contribution in [0.3, 0.4) is 0 Å². The summed E-state index contributed by atoms with van der Waals surface area (Å²) in [5.74, 6) is -0.0143. The molecule has 3 rings (SSSR count). The van der Waals surface area contributed by atoms with Crippen molar-refractivity contribution in [2.75, 3.05) is 26.2 Å². The Kier molecular flexibility index (Phi) is 5.24. The van der Waals surface area contributed by atoms with E-state index >= 15 is 0 Å². The zero-order chi connectivity index (χ0) is 18.0. The molecule has 0 N–H and O–H groups in total. The number of hydrogen-bond donors (Lipinski definition) is 0. The van der Waals surface area contributed by atoms with Crippen LogP contribution in [0.1, 0.15) is 47.9 Å². The molecule has 6 nitrogen and oxygen atoms in total. The lowest BCUT2D eigenvalue weighted by molar-refractivity contribution is 0.0623. The molecule has 1 aliphatic rings. The number of piperazine rings is 1. The summed E-state index contributed by atoms with van der Waals surface area (Å²) < 4.78 is 1.75. The van der Waals surface area contributed by atoms with Gasteiger partial charge in [-0.05, 0) is 39.3 Å². The third-order valence-electron chi connectivity index (χ3n) is 4.50. The van der Waals surface area contributed by atoms with Crippen molar-refractivity contribution in [1.82, 2.24) is 24.8 Å². The van der Waals surface area contributed by atoms with E-state index in [2.05, 4.69) is 34.3 Å². The van der Waals surface area contributed by atoms with Crippen LogP contribution in [0, 0.1) is 0 Å². The molecule has 0 radical (unpaired) electrons. The predicted molar refractivity (Wildman–Crippen MR) is 99.9 cm³/mol. The quantitative estimate of drug-likeness (QED) is 0.840. The number of rotatable bonds is 4. The average Bonchev–Trinajstić information content (AvgIpc) is 3.24. The monoisotopic (exact) mass is 361 g/mol. The Hall–Kier alpha value is -1.73. The first kappa shape index (κ1) is 18.1. The maximum Gasteiger partial charge on any atom is 0.276 e. The molecule has 1 amide bonds. The first-order valence-corrected chi connectivity index (χ1v) is 9.70. The minimum absolute atomic E-state index is 0.0143. The first-order chi connectivity index (χ1) is 11.9. The Labute approximate surface area is 153 Å². The molecule has 2 aromatic rings. The van der Waals surface area contributed by atoms with Gasteiger partial charge in [0.15, 0.2) is 5.69 Å².